The molecule has 1 N–H and O–H groups in total. The van der Waals surface area contributed by atoms with E-state index in [9.17, 15) is 0 Å². The van der Waals surface area contributed by atoms with E-state index in [1.165, 1.54) is 5.56 Å². The zero-order chi connectivity index (χ0) is 13.5. The van der Waals surface area contributed by atoms with Crippen LogP contribution in [0.25, 0.3) is 0 Å². The highest BCUT2D eigenvalue weighted by Gasteiger charge is 2.15. The van der Waals surface area contributed by atoms with E-state index in [0.29, 0.717) is 0 Å². The number of hydrogen-bond acceptors (Lipinski definition) is 2. The second kappa shape index (κ2) is 7.41. The molecule has 0 aliphatic heterocycles. The molecule has 0 bridgehead atoms. The summed E-state index contributed by atoms with van der Waals surface area (Å²) in [4.78, 5) is 4.52. The smallest absolute Gasteiger partial charge is 0.0718 e. The monoisotopic (exact) mass is 318 g/mol. The molecule has 1 atom stereocenters. The number of benzene rings is 1. The van der Waals surface area contributed by atoms with Crippen molar-refractivity contribution in [1.29, 1.82) is 0 Å². The van der Waals surface area contributed by atoms with Crippen LogP contribution in [0.15, 0.2) is 53.1 Å². The van der Waals surface area contributed by atoms with E-state index in [4.69, 9.17) is 0 Å². The molecule has 0 saturated carbocycles. The molecule has 0 amide bonds. The Bertz CT molecular complexity index is 499. The summed E-state index contributed by atoms with van der Waals surface area (Å²) in [5, 5.41) is 3.58. The summed E-state index contributed by atoms with van der Waals surface area (Å²) in [5.74, 6) is 0. The number of rotatable bonds is 6. The van der Waals surface area contributed by atoms with Crippen molar-refractivity contribution in [3.8, 4) is 0 Å². The number of hydrogen-bond donors (Lipinski definition) is 1. The predicted octanol–water partition coefficient (Wildman–Crippen LogP) is 4.13. The highest BCUT2D eigenvalue weighted by Crippen LogP contribution is 2.23. The van der Waals surface area contributed by atoms with Crippen LogP contribution in [0, 0.1) is 0 Å². The van der Waals surface area contributed by atoms with Crippen LogP contribution in [0.2, 0.25) is 0 Å². The van der Waals surface area contributed by atoms with Crippen LogP contribution in [0.1, 0.15) is 30.6 Å². The third-order valence-electron chi connectivity index (χ3n) is 3.04. The van der Waals surface area contributed by atoms with E-state index in [0.717, 1.165) is 29.6 Å². The first-order valence-corrected chi connectivity index (χ1v) is 7.48. The normalized spacial score (nSPS) is 12.3. The van der Waals surface area contributed by atoms with Crippen molar-refractivity contribution in [1.82, 2.24) is 10.3 Å². The van der Waals surface area contributed by atoms with Crippen LogP contribution in [-0.4, -0.2) is 11.5 Å². The maximum atomic E-state index is 4.52. The van der Waals surface area contributed by atoms with Gasteiger partial charge in [-0.05, 0) is 53.0 Å². The minimum Gasteiger partial charge on any atom is -0.308 e. The van der Waals surface area contributed by atoms with Gasteiger partial charge in [0.2, 0.25) is 0 Å². The zero-order valence-electron chi connectivity index (χ0n) is 11.1. The molecule has 100 valence electrons. The first-order chi connectivity index (χ1) is 9.31. The van der Waals surface area contributed by atoms with E-state index < -0.39 is 0 Å². The lowest BCUT2D eigenvalue weighted by Crippen LogP contribution is -2.25. The molecule has 1 unspecified atom stereocenters. The molecule has 0 saturated heterocycles. The maximum Gasteiger partial charge on any atom is 0.0718 e. The molecule has 0 spiro atoms. The van der Waals surface area contributed by atoms with Crippen LogP contribution in [0.3, 0.4) is 0 Å². The van der Waals surface area contributed by atoms with Gasteiger partial charge < -0.3 is 5.32 Å². The fourth-order valence-corrected chi connectivity index (χ4v) is 2.62. The first-order valence-electron chi connectivity index (χ1n) is 6.69. The van der Waals surface area contributed by atoms with Gasteiger partial charge in [0, 0.05) is 10.7 Å². The van der Waals surface area contributed by atoms with Crippen molar-refractivity contribution >= 4 is 15.9 Å². The summed E-state index contributed by atoms with van der Waals surface area (Å²) < 4.78 is 1.07. The quantitative estimate of drug-likeness (QED) is 0.866. The van der Waals surface area contributed by atoms with Crippen LogP contribution < -0.4 is 5.32 Å². The highest BCUT2D eigenvalue weighted by molar-refractivity contribution is 9.10. The summed E-state index contributed by atoms with van der Waals surface area (Å²) in [6.07, 6.45) is 3.93. The van der Waals surface area contributed by atoms with Gasteiger partial charge in [0.15, 0.2) is 0 Å². The largest absolute Gasteiger partial charge is 0.308 e. The van der Waals surface area contributed by atoms with Crippen LogP contribution in [0.4, 0.5) is 0 Å². The molecule has 3 heteroatoms. The van der Waals surface area contributed by atoms with Crippen molar-refractivity contribution in [2.75, 3.05) is 6.54 Å². The summed E-state index contributed by atoms with van der Waals surface area (Å²) in [5.41, 5.74) is 2.41. The standard InChI is InChI=1S/C16H19BrN2/c1-2-10-18-15(12-13-7-4-3-5-8-13)16-14(17)9-6-11-19-16/h3-9,11,15,18H,2,10,12H2,1H3. The third kappa shape index (κ3) is 4.15. The van der Waals surface area contributed by atoms with Crippen LogP contribution >= 0.6 is 15.9 Å². The van der Waals surface area contributed by atoms with Gasteiger partial charge in [-0.25, -0.2) is 0 Å². The lowest BCUT2D eigenvalue weighted by molar-refractivity contribution is 0.516. The molecule has 1 heterocycles. The Morgan fingerprint density at radius 2 is 1.95 bits per heavy atom. The van der Waals surface area contributed by atoms with Crippen LogP contribution in [-0.2, 0) is 6.42 Å². The lowest BCUT2D eigenvalue weighted by atomic mass is 10.0. The van der Waals surface area contributed by atoms with E-state index >= 15 is 0 Å². The molecule has 0 aliphatic rings. The maximum absolute atomic E-state index is 4.52. The van der Waals surface area contributed by atoms with Crippen molar-refractivity contribution in [3.63, 3.8) is 0 Å². The number of aromatic nitrogens is 1. The Morgan fingerprint density at radius 1 is 1.16 bits per heavy atom. The number of pyridine rings is 1. The van der Waals surface area contributed by atoms with Gasteiger partial charge in [-0.3, -0.25) is 4.98 Å². The fourth-order valence-electron chi connectivity index (χ4n) is 2.09. The van der Waals surface area contributed by atoms with E-state index in [1.54, 1.807) is 0 Å². The zero-order valence-corrected chi connectivity index (χ0v) is 12.7. The van der Waals surface area contributed by atoms with Gasteiger partial charge in [0.1, 0.15) is 0 Å². The average Bonchev–Trinajstić information content (AvgIpc) is 2.45. The first kappa shape index (κ1) is 14.2. The highest BCUT2D eigenvalue weighted by atomic mass is 79.9. The topological polar surface area (TPSA) is 24.9 Å². The molecule has 0 fully saturated rings. The summed E-state index contributed by atoms with van der Waals surface area (Å²) in [6.45, 7) is 3.18. The fraction of sp³-hybridized carbons (Fsp3) is 0.312. The van der Waals surface area contributed by atoms with Gasteiger partial charge in [-0.1, -0.05) is 37.3 Å². The molecule has 19 heavy (non-hydrogen) atoms. The molecule has 1 aromatic carbocycles. The van der Waals surface area contributed by atoms with Crippen molar-refractivity contribution in [2.24, 2.45) is 0 Å². The Balaban J connectivity index is 2.19. The number of nitrogens with one attached hydrogen (secondary N) is 1. The molecule has 2 rings (SSSR count). The molecule has 0 aliphatic carbocycles. The van der Waals surface area contributed by atoms with Gasteiger partial charge in [-0.15, -0.1) is 0 Å². The second-order valence-electron chi connectivity index (χ2n) is 4.57. The van der Waals surface area contributed by atoms with Gasteiger partial charge in [-0.2, -0.15) is 0 Å². The molecule has 1 aromatic heterocycles. The van der Waals surface area contributed by atoms with E-state index in [1.807, 2.05) is 18.3 Å². The summed E-state index contributed by atoms with van der Waals surface area (Å²) in [7, 11) is 0. The molecule has 0 radical (unpaired) electrons. The van der Waals surface area contributed by atoms with Gasteiger partial charge >= 0.3 is 0 Å². The minimum atomic E-state index is 0.248. The summed E-state index contributed by atoms with van der Waals surface area (Å²) >= 11 is 3.60. The SMILES string of the molecule is CCCNC(Cc1ccccc1)c1ncccc1Br. The lowest BCUT2D eigenvalue weighted by Gasteiger charge is -2.19. The third-order valence-corrected chi connectivity index (χ3v) is 3.71. The predicted molar refractivity (Wildman–Crippen MR) is 83.1 cm³/mol. The molecule has 2 aromatic rings. The van der Waals surface area contributed by atoms with Gasteiger partial charge in [0.05, 0.1) is 11.7 Å². The Hall–Kier alpha value is -1.19. The number of halogens is 1. The van der Waals surface area contributed by atoms with Crippen molar-refractivity contribution < 1.29 is 0 Å². The minimum absolute atomic E-state index is 0.248. The Kier molecular flexibility index (Phi) is 5.55. The van der Waals surface area contributed by atoms with E-state index in [2.05, 4.69) is 63.5 Å². The summed E-state index contributed by atoms with van der Waals surface area (Å²) in [6, 6.07) is 14.8. The Morgan fingerprint density at radius 3 is 2.63 bits per heavy atom. The molecular weight excluding hydrogens is 300 g/mol. The average molecular weight is 319 g/mol. The second-order valence-corrected chi connectivity index (χ2v) is 5.42. The van der Waals surface area contributed by atoms with Crippen molar-refractivity contribution in [2.45, 2.75) is 25.8 Å². The molecular formula is C16H19BrN2. The van der Waals surface area contributed by atoms with Gasteiger partial charge in [0.25, 0.3) is 0 Å². The van der Waals surface area contributed by atoms with Crippen LogP contribution in [0.5, 0.6) is 0 Å². The van der Waals surface area contributed by atoms with E-state index in [-0.39, 0.29) is 6.04 Å². The number of nitrogens with zero attached hydrogens (tertiary/aromatic N) is 1. The molecule has 2 nitrogen and oxygen atoms in total. The van der Waals surface area contributed by atoms with Crippen molar-refractivity contribution in [3.05, 3.63) is 64.4 Å². The Labute approximate surface area is 123 Å².